The van der Waals surface area contributed by atoms with Crippen LogP contribution in [0, 0.1) is 3.95 Å². The van der Waals surface area contributed by atoms with Gasteiger partial charge in [0, 0.05) is 6.54 Å². The topological polar surface area (TPSA) is 46.9 Å². The summed E-state index contributed by atoms with van der Waals surface area (Å²) < 4.78 is 3.22. The molecule has 0 aliphatic rings. The number of amides is 1. The molecule has 0 spiro atoms. The standard InChI is InChI=1S/C21H23N3OS3/c1-15(2)17-10-8-16(9-11-17)12-13-22-19(25)14-27-20-23-24(21(26)28-20)18-6-4-3-5-7-18/h3-11,15H,12-14H2,1-2H3,(H,22,25). The Bertz CT molecular complexity index is 963. The summed E-state index contributed by atoms with van der Waals surface area (Å²) in [5.74, 6) is 0.882. The van der Waals surface area contributed by atoms with Gasteiger partial charge in [-0.15, -0.1) is 5.10 Å². The Kier molecular flexibility index (Phi) is 7.42. The number of carbonyl (C=O) groups is 1. The number of carbonyl (C=O) groups excluding carboxylic acids is 1. The molecular formula is C21H23N3OS3. The summed E-state index contributed by atoms with van der Waals surface area (Å²) >= 11 is 8.23. The lowest BCUT2D eigenvalue weighted by Gasteiger charge is -2.08. The van der Waals surface area contributed by atoms with E-state index in [-0.39, 0.29) is 5.91 Å². The molecule has 0 saturated heterocycles. The number of thioether (sulfide) groups is 1. The van der Waals surface area contributed by atoms with Gasteiger partial charge in [0.1, 0.15) is 0 Å². The maximum atomic E-state index is 12.1. The molecule has 0 saturated carbocycles. The molecule has 7 heteroatoms. The van der Waals surface area contributed by atoms with Gasteiger partial charge in [-0.3, -0.25) is 4.79 Å². The highest BCUT2D eigenvalue weighted by atomic mass is 32.2. The van der Waals surface area contributed by atoms with Gasteiger partial charge in [-0.25, -0.2) is 4.68 Å². The molecule has 2 aromatic carbocycles. The summed E-state index contributed by atoms with van der Waals surface area (Å²) in [5.41, 5.74) is 3.50. The number of nitrogens with zero attached hydrogens (tertiary/aromatic N) is 2. The Labute approximate surface area is 179 Å². The molecule has 0 fully saturated rings. The number of nitrogens with one attached hydrogen (secondary N) is 1. The molecule has 4 nitrogen and oxygen atoms in total. The van der Waals surface area contributed by atoms with Gasteiger partial charge >= 0.3 is 0 Å². The SMILES string of the molecule is CC(C)c1ccc(CCNC(=O)CSc2nn(-c3ccccc3)c(=S)s2)cc1. The first-order valence-electron chi connectivity index (χ1n) is 9.17. The van der Waals surface area contributed by atoms with Crippen LogP contribution in [0.5, 0.6) is 0 Å². The maximum Gasteiger partial charge on any atom is 0.230 e. The Morgan fingerprint density at radius 1 is 1.18 bits per heavy atom. The van der Waals surface area contributed by atoms with Gasteiger partial charge in [-0.2, -0.15) is 0 Å². The van der Waals surface area contributed by atoms with Gasteiger partial charge in [0.2, 0.25) is 5.91 Å². The van der Waals surface area contributed by atoms with Crippen molar-refractivity contribution in [3.8, 4) is 5.69 Å². The molecule has 3 rings (SSSR count). The molecule has 146 valence electrons. The fourth-order valence-electron chi connectivity index (χ4n) is 2.65. The van der Waals surface area contributed by atoms with Crippen molar-refractivity contribution in [3.05, 3.63) is 69.7 Å². The van der Waals surface area contributed by atoms with Gasteiger partial charge in [0.05, 0.1) is 11.4 Å². The van der Waals surface area contributed by atoms with Crippen molar-refractivity contribution in [1.82, 2.24) is 15.1 Å². The van der Waals surface area contributed by atoms with Gasteiger partial charge < -0.3 is 5.32 Å². The molecule has 1 N–H and O–H groups in total. The van der Waals surface area contributed by atoms with E-state index in [9.17, 15) is 4.79 Å². The van der Waals surface area contributed by atoms with Crippen LogP contribution < -0.4 is 5.32 Å². The van der Waals surface area contributed by atoms with E-state index < -0.39 is 0 Å². The zero-order valence-corrected chi connectivity index (χ0v) is 18.4. The van der Waals surface area contributed by atoms with Crippen LogP contribution in [0.3, 0.4) is 0 Å². The molecule has 3 aromatic rings. The van der Waals surface area contributed by atoms with Gasteiger partial charge in [0.15, 0.2) is 8.29 Å². The van der Waals surface area contributed by atoms with Crippen molar-refractivity contribution in [3.63, 3.8) is 0 Å². The van der Waals surface area contributed by atoms with Crippen molar-refractivity contribution in [2.75, 3.05) is 12.3 Å². The van der Waals surface area contributed by atoms with Crippen molar-refractivity contribution in [1.29, 1.82) is 0 Å². The molecule has 0 aliphatic carbocycles. The second-order valence-corrected chi connectivity index (χ2v) is 9.51. The maximum absolute atomic E-state index is 12.1. The zero-order chi connectivity index (χ0) is 19.9. The molecule has 0 bridgehead atoms. The van der Waals surface area contributed by atoms with E-state index in [0.29, 0.717) is 22.2 Å². The van der Waals surface area contributed by atoms with Crippen molar-refractivity contribution < 1.29 is 4.79 Å². The van der Waals surface area contributed by atoms with Gasteiger partial charge in [0.25, 0.3) is 0 Å². The molecular weight excluding hydrogens is 406 g/mol. The Morgan fingerprint density at radius 3 is 2.57 bits per heavy atom. The van der Waals surface area contributed by atoms with Crippen LogP contribution in [0.1, 0.15) is 30.9 Å². The van der Waals surface area contributed by atoms with Gasteiger partial charge in [-0.1, -0.05) is 79.4 Å². The highest BCUT2D eigenvalue weighted by molar-refractivity contribution is 8.01. The number of rotatable bonds is 8. The zero-order valence-electron chi connectivity index (χ0n) is 15.9. The number of hydrogen-bond donors (Lipinski definition) is 1. The normalized spacial score (nSPS) is 11.0. The third-order valence-electron chi connectivity index (χ3n) is 4.24. The van der Waals surface area contributed by atoms with Crippen LogP contribution in [-0.4, -0.2) is 28.0 Å². The smallest absolute Gasteiger partial charge is 0.230 e. The van der Waals surface area contributed by atoms with E-state index in [2.05, 4.69) is 48.5 Å². The van der Waals surface area contributed by atoms with Crippen LogP contribution in [0.15, 0.2) is 58.9 Å². The quantitative estimate of drug-likeness (QED) is 0.393. The lowest BCUT2D eigenvalue weighted by molar-refractivity contribution is -0.118. The van der Waals surface area contributed by atoms with Gasteiger partial charge in [-0.05, 0) is 47.8 Å². The fraction of sp³-hybridized carbons (Fsp3) is 0.286. The average molecular weight is 430 g/mol. The van der Waals surface area contributed by atoms with Crippen LogP contribution in [0.2, 0.25) is 0 Å². The number of aromatic nitrogens is 2. The minimum Gasteiger partial charge on any atom is -0.355 e. The van der Waals surface area contributed by atoms with Crippen molar-refractivity contribution >= 4 is 41.2 Å². The molecule has 0 unspecified atom stereocenters. The molecule has 0 aliphatic heterocycles. The number of para-hydroxylation sites is 1. The predicted molar refractivity (Wildman–Crippen MR) is 120 cm³/mol. The summed E-state index contributed by atoms with van der Waals surface area (Å²) in [7, 11) is 0. The van der Waals surface area contributed by atoms with Crippen molar-refractivity contribution in [2.45, 2.75) is 30.5 Å². The van der Waals surface area contributed by atoms with E-state index >= 15 is 0 Å². The van der Waals surface area contributed by atoms with Crippen LogP contribution >= 0.6 is 35.3 Å². The highest BCUT2D eigenvalue weighted by Gasteiger charge is 2.09. The predicted octanol–water partition coefficient (Wildman–Crippen LogP) is 5.24. The fourth-order valence-corrected chi connectivity index (χ4v) is 4.84. The van der Waals surface area contributed by atoms with Crippen LogP contribution in [-0.2, 0) is 11.2 Å². The summed E-state index contributed by atoms with van der Waals surface area (Å²) in [6.45, 7) is 5.01. The Morgan fingerprint density at radius 2 is 1.89 bits per heavy atom. The monoisotopic (exact) mass is 429 g/mol. The highest BCUT2D eigenvalue weighted by Crippen LogP contribution is 2.23. The average Bonchev–Trinajstić information content (AvgIpc) is 3.08. The van der Waals surface area contributed by atoms with E-state index in [0.717, 1.165) is 16.4 Å². The first-order valence-corrected chi connectivity index (χ1v) is 11.4. The Hall–Kier alpha value is -1.96. The lowest BCUT2D eigenvalue weighted by atomic mass is 10.0. The lowest BCUT2D eigenvalue weighted by Crippen LogP contribution is -2.27. The van der Waals surface area contributed by atoms with E-state index in [1.54, 1.807) is 4.68 Å². The van der Waals surface area contributed by atoms with E-state index in [1.165, 1.54) is 34.2 Å². The van der Waals surface area contributed by atoms with Crippen LogP contribution in [0.4, 0.5) is 0 Å². The minimum absolute atomic E-state index is 0.0104. The van der Waals surface area contributed by atoms with E-state index in [4.69, 9.17) is 12.2 Å². The molecule has 0 atom stereocenters. The summed E-state index contributed by atoms with van der Waals surface area (Å²) in [6.07, 6.45) is 0.830. The third kappa shape index (κ3) is 5.77. The molecule has 1 heterocycles. The Balaban J connectivity index is 1.45. The molecule has 1 amide bonds. The van der Waals surface area contributed by atoms with Crippen LogP contribution in [0.25, 0.3) is 5.69 Å². The molecule has 1 aromatic heterocycles. The summed E-state index contributed by atoms with van der Waals surface area (Å²) in [4.78, 5) is 12.1. The summed E-state index contributed by atoms with van der Waals surface area (Å²) in [6, 6.07) is 18.4. The number of benzene rings is 2. The molecule has 0 radical (unpaired) electrons. The minimum atomic E-state index is 0.0104. The first-order chi connectivity index (χ1) is 13.5. The van der Waals surface area contributed by atoms with Crippen molar-refractivity contribution in [2.24, 2.45) is 0 Å². The van der Waals surface area contributed by atoms with E-state index in [1.807, 2.05) is 30.3 Å². The second-order valence-electron chi connectivity index (χ2n) is 6.67. The number of hydrogen-bond acceptors (Lipinski definition) is 5. The second kappa shape index (κ2) is 10.0. The molecule has 28 heavy (non-hydrogen) atoms. The third-order valence-corrected chi connectivity index (χ3v) is 6.60. The largest absolute Gasteiger partial charge is 0.355 e. The first kappa shape index (κ1) is 20.8. The summed E-state index contributed by atoms with van der Waals surface area (Å²) in [5, 5.41) is 7.49.